The second-order valence-electron chi connectivity index (χ2n) is 2.44. The summed E-state index contributed by atoms with van der Waals surface area (Å²) in [6, 6.07) is 4.81. The first-order valence-corrected chi connectivity index (χ1v) is 4.22. The maximum atomic E-state index is 12.3. The lowest BCUT2D eigenvalue weighted by molar-refractivity contribution is 0.475. The van der Waals surface area contributed by atoms with E-state index in [-0.39, 0.29) is 5.75 Å². The SMILES string of the molecule is Oc1ccc2c(CF)nsc2c1. The summed E-state index contributed by atoms with van der Waals surface area (Å²) in [5.74, 6) is 0.191. The second-order valence-corrected chi connectivity index (χ2v) is 3.25. The molecule has 0 saturated heterocycles. The highest BCUT2D eigenvalue weighted by molar-refractivity contribution is 7.13. The van der Waals surface area contributed by atoms with Crippen molar-refractivity contribution in [2.45, 2.75) is 6.67 Å². The molecule has 0 unspecified atom stereocenters. The molecular formula is C8H6FNOS. The Morgan fingerprint density at radius 3 is 3.08 bits per heavy atom. The molecule has 2 rings (SSSR count). The zero-order valence-electron chi connectivity index (χ0n) is 6.12. The van der Waals surface area contributed by atoms with Crippen molar-refractivity contribution in [3.63, 3.8) is 0 Å². The Labute approximate surface area is 72.4 Å². The molecule has 0 aliphatic rings. The molecule has 0 atom stereocenters. The summed E-state index contributed by atoms with van der Waals surface area (Å²) in [4.78, 5) is 0. The van der Waals surface area contributed by atoms with Crippen LogP contribution in [0, 0.1) is 0 Å². The van der Waals surface area contributed by atoms with Crippen LogP contribution in [0.1, 0.15) is 5.69 Å². The maximum absolute atomic E-state index is 12.3. The molecule has 0 radical (unpaired) electrons. The van der Waals surface area contributed by atoms with E-state index in [1.807, 2.05) is 0 Å². The van der Waals surface area contributed by atoms with Gasteiger partial charge in [0.2, 0.25) is 0 Å². The summed E-state index contributed by atoms with van der Waals surface area (Å²) in [5, 5.41) is 9.89. The summed E-state index contributed by atoms with van der Waals surface area (Å²) in [7, 11) is 0. The summed E-state index contributed by atoms with van der Waals surface area (Å²) >= 11 is 1.20. The van der Waals surface area contributed by atoms with Gasteiger partial charge in [0.05, 0.1) is 10.4 Å². The standard InChI is InChI=1S/C8H6FNOS/c9-4-7-6-2-1-5(11)3-8(6)12-10-7/h1-3,11H,4H2. The Hall–Kier alpha value is -1.16. The van der Waals surface area contributed by atoms with Crippen molar-refractivity contribution in [3.8, 4) is 5.75 Å². The smallest absolute Gasteiger partial charge is 0.133 e. The lowest BCUT2D eigenvalue weighted by atomic mass is 10.2. The van der Waals surface area contributed by atoms with E-state index in [9.17, 15) is 4.39 Å². The molecule has 0 saturated carbocycles. The van der Waals surface area contributed by atoms with Crippen LogP contribution < -0.4 is 0 Å². The van der Waals surface area contributed by atoms with Crippen LogP contribution in [0.4, 0.5) is 4.39 Å². The van der Waals surface area contributed by atoms with Crippen LogP contribution in [0.25, 0.3) is 10.1 Å². The molecule has 1 heterocycles. The average molecular weight is 183 g/mol. The number of hydrogen-bond acceptors (Lipinski definition) is 3. The number of phenols is 1. The molecule has 1 N–H and O–H groups in total. The summed E-state index contributed by atoms with van der Waals surface area (Å²) in [6.07, 6.45) is 0. The Kier molecular flexibility index (Phi) is 1.69. The molecule has 12 heavy (non-hydrogen) atoms. The number of aromatic nitrogens is 1. The fourth-order valence-electron chi connectivity index (χ4n) is 1.07. The first kappa shape index (κ1) is 7.49. The van der Waals surface area contributed by atoms with E-state index >= 15 is 0 Å². The maximum Gasteiger partial charge on any atom is 0.133 e. The van der Waals surface area contributed by atoms with Crippen LogP contribution in [-0.2, 0) is 6.67 Å². The molecule has 0 spiro atoms. The van der Waals surface area contributed by atoms with Crippen molar-refractivity contribution >= 4 is 21.6 Å². The zero-order valence-corrected chi connectivity index (χ0v) is 6.94. The summed E-state index contributed by atoms with van der Waals surface area (Å²) in [5.41, 5.74) is 0.454. The molecule has 0 aliphatic heterocycles. The van der Waals surface area contributed by atoms with E-state index in [0.29, 0.717) is 5.69 Å². The minimum atomic E-state index is -0.551. The molecule has 1 aromatic heterocycles. The molecule has 0 amide bonds. The van der Waals surface area contributed by atoms with Gasteiger partial charge in [-0.1, -0.05) is 0 Å². The highest BCUT2D eigenvalue weighted by Gasteiger charge is 2.05. The molecule has 0 fully saturated rings. The van der Waals surface area contributed by atoms with E-state index in [4.69, 9.17) is 5.11 Å². The predicted octanol–water partition coefficient (Wildman–Crippen LogP) is 2.47. The van der Waals surface area contributed by atoms with Gasteiger partial charge >= 0.3 is 0 Å². The number of phenolic OH excluding ortho intramolecular Hbond substituents is 1. The van der Waals surface area contributed by atoms with Crippen LogP contribution in [0.2, 0.25) is 0 Å². The van der Waals surface area contributed by atoms with Gasteiger partial charge in [-0.15, -0.1) is 0 Å². The Morgan fingerprint density at radius 2 is 2.33 bits per heavy atom. The summed E-state index contributed by atoms with van der Waals surface area (Å²) < 4.78 is 17.0. The van der Waals surface area contributed by atoms with E-state index in [1.165, 1.54) is 17.6 Å². The van der Waals surface area contributed by atoms with Gasteiger partial charge in [-0.25, -0.2) is 4.39 Å². The Balaban J connectivity index is 2.73. The molecule has 62 valence electrons. The average Bonchev–Trinajstić information content (AvgIpc) is 2.46. The minimum absolute atomic E-state index is 0.191. The van der Waals surface area contributed by atoms with Crippen LogP contribution >= 0.6 is 11.5 Å². The number of fused-ring (bicyclic) bond motifs is 1. The van der Waals surface area contributed by atoms with Crippen molar-refractivity contribution in [2.75, 3.05) is 0 Å². The fourth-order valence-corrected chi connectivity index (χ4v) is 1.89. The summed E-state index contributed by atoms with van der Waals surface area (Å²) in [6.45, 7) is -0.551. The lowest BCUT2D eigenvalue weighted by Crippen LogP contribution is -1.76. The molecule has 0 aliphatic carbocycles. The van der Waals surface area contributed by atoms with Crippen molar-refractivity contribution in [2.24, 2.45) is 0 Å². The van der Waals surface area contributed by atoms with Gasteiger partial charge in [0.25, 0.3) is 0 Å². The lowest BCUT2D eigenvalue weighted by Gasteiger charge is -1.91. The second kappa shape index (κ2) is 2.71. The van der Waals surface area contributed by atoms with E-state index in [1.54, 1.807) is 12.1 Å². The highest BCUT2D eigenvalue weighted by Crippen LogP contribution is 2.26. The number of benzene rings is 1. The minimum Gasteiger partial charge on any atom is -0.508 e. The third-order valence-electron chi connectivity index (χ3n) is 1.66. The van der Waals surface area contributed by atoms with Crippen molar-refractivity contribution in [1.82, 2.24) is 4.37 Å². The number of aromatic hydroxyl groups is 1. The topological polar surface area (TPSA) is 33.1 Å². The van der Waals surface area contributed by atoms with Gasteiger partial charge in [0.15, 0.2) is 0 Å². The molecular weight excluding hydrogens is 177 g/mol. The van der Waals surface area contributed by atoms with Crippen LogP contribution in [0.3, 0.4) is 0 Å². The van der Waals surface area contributed by atoms with Crippen molar-refractivity contribution in [3.05, 3.63) is 23.9 Å². The van der Waals surface area contributed by atoms with Crippen LogP contribution in [-0.4, -0.2) is 9.48 Å². The van der Waals surface area contributed by atoms with Crippen molar-refractivity contribution < 1.29 is 9.50 Å². The molecule has 2 aromatic rings. The predicted molar refractivity (Wildman–Crippen MR) is 46.1 cm³/mol. The molecule has 4 heteroatoms. The zero-order chi connectivity index (χ0) is 8.55. The van der Waals surface area contributed by atoms with Gasteiger partial charge in [-0.05, 0) is 29.7 Å². The third kappa shape index (κ3) is 1.04. The van der Waals surface area contributed by atoms with Crippen molar-refractivity contribution in [1.29, 1.82) is 0 Å². The number of alkyl halides is 1. The fraction of sp³-hybridized carbons (Fsp3) is 0.125. The Morgan fingerprint density at radius 1 is 1.50 bits per heavy atom. The van der Waals surface area contributed by atoms with E-state index in [2.05, 4.69) is 4.37 Å². The first-order chi connectivity index (χ1) is 5.81. The van der Waals surface area contributed by atoms with Gasteiger partial charge in [0, 0.05) is 5.39 Å². The third-order valence-corrected chi connectivity index (χ3v) is 2.50. The van der Waals surface area contributed by atoms with Gasteiger partial charge in [-0.3, -0.25) is 0 Å². The monoisotopic (exact) mass is 183 g/mol. The molecule has 0 bridgehead atoms. The van der Waals surface area contributed by atoms with Crippen LogP contribution in [0.15, 0.2) is 18.2 Å². The highest BCUT2D eigenvalue weighted by atomic mass is 32.1. The normalized spacial score (nSPS) is 10.8. The number of halogens is 1. The number of hydrogen-bond donors (Lipinski definition) is 1. The number of nitrogens with zero attached hydrogens (tertiary/aromatic N) is 1. The molecule has 2 nitrogen and oxygen atoms in total. The van der Waals surface area contributed by atoms with E-state index < -0.39 is 6.67 Å². The molecule has 1 aromatic carbocycles. The Bertz CT molecular complexity index is 412. The quantitative estimate of drug-likeness (QED) is 0.736. The first-order valence-electron chi connectivity index (χ1n) is 3.44. The van der Waals surface area contributed by atoms with Gasteiger partial charge in [-0.2, -0.15) is 4.37 Å². The number of rotatable bonds is 1. The van der Waals surface area contributed by atoms with Gasteiger partial charge in [0.1, 0.15) is 12.4 Å². The van der Waals surface area contributed by atoms with Crippen LogP contribution in [0.5, 0.6) is 5.75 Å². The van der Waals surface area contributed by atoms with Gasteiger partial charge < -0.3 is 5.11 Å². The largest absolute Gasteiger partial charge is 0.508 e. The van der Waals surface area contributed by atoms with E-state index in [0.717, 1.165) is 10.1 Å².